The molecule has 0 N–H and O–H groups in total. The maximum atomic E-state index is 12.4. The average molecular weight is 292 g/mol. The number of hydrogen-bond donors (Lipinski definition) is 0. The highest BCUT2D eigenvalue weighted by atomic mass is 16.3. The lowest BCUT2D eigenvalue weighted by Gasteiger charge is -2.20. The maximum Gasteiger partial charge on any atom is 0.167 e. The third-order valence-corrected chi connectivity index (χ3v) is 4.26. The van der Waals surface area contributed by atoms with E-state index in [4.69, 9.17) is 4.42 Å². The van der Waals surface area contributed by atoms with E-state index < -0.39 is 0 Å². The molecule has 1 atom stereocenters. The molecule has 0 radical (unpaired) electrons. The zero-order chi connectivity index (χ0) is 15.1. The van der Waals surface area contributed by atoms with E-state index in [1.54, 1.807) is 12.5 Å². The van der Waals surface area contributed by atoms with Crippen LogP contribution in [0.4, 0.5) is 0 Å². The van der Waals surface area contributed by atoms with E-state index in [9.17, 15) is 4.79 Å². The topological polar surface area (TPSA) is 48.0 Å². The molecule has 22 heavy (non-hydrogen) atoms. The molecule has 4 rings (SSSR count). The summed E-state index contributed by atoms with van der Waals surface area (Å²) < 4.78 is 7.37. The molecule has 1 aromatic carbocycles. The molecule has 4 heteroatoms. The SMILES string of the molecule is Cc1ccc(-n2ncc3c2C[C@@H](c2ccco2)CC3=O)cc1. The molecule has 0 spiro atoms. The van der Waals surface area contributed by atoms with Gasteiger partial charge in [0, 0.05) is 18.8 Å². The molecule has 0 fully saturated rings. The normalized spacial score (nSPS) is 17.5. The van der Waals surface area contributed by atoms with Crippen LogP contribution in [-0.4, -0.2) is 15.6 Å². The molecule has 0 amide bonds. The van der Waals surface area contributed by atoms with E-state index in [1.165, 1.54) is 5.56 Å². The van der Waals surface area contributed by atoms with E-state index in [1.807, 2.05) is 28.9 Å². The Labute approximate surface area is 128 Å². The Morgan fingerprint density at radius 3 is 2.73 bits per heavy atom. The number of fused-ring (bicyclic) bond motifs is 1. The molecule has 110 valence electrons. The van der Waals surface area contributed by atoms with Gasteiger partial charge in [-0.05, 0) is 31.2 Å². The molecule has 0 saturated heterocycles. The second-order valence-electron chi connectivity index (χ2n) is 5.80. The van der Waals surface area contributed by atoms with Crippen molar-refractivity contribution < 1.29 is 9.21 Å². The van der Waals surface area contributed by atoms with Crippen LogP contribution in [0.15, 0.2) is 53.3 Å². The predicted molar refractivity (Wildman–Crippen MR) is 82.4 cm³/mol. The van der Waals surface area contributed by atoms with Crippen molar-refractivity contribution in [3.8, 4) is 5.69 Å². The Morgan fingerprint density at radius 1 is 1.18 bits per heavy atom. The summed E-state index contributed by atoms with van der Waals surface area (Å²) in [5.41, 5.74) is 3.90. The molecule has 0 aliphatic heterocycles. The zero-order valence-corrected chi connectivity index (χ0v) is 12.3. The number of ketones is 1. The van der Waals surface area contributed by atoms with Crippen LogP contribution < -0.4 is 0 Å². The van der Waals surface area contributed by atoms with Crippen molar-refractivity contribution in [3.05, 3.63) is 71.4 Å². The summed E-state index contributed by atoms with van der Waals surface area (Å²) in [6.45, 7) is 2.05. The first-order valence-corrected chi connectivity index (χ1v) is 7.43. The number of carbonyl (C=O) groups is 1. The number of benzene rings is 1. The number of aryl methyl sites for hydroxylation is 1. The van der Waals surface area contributed by atoms with Crippen molar-refractivity contribution in [2.75, 3.05) is 0 Å². The molecular weight excluding hydrogens is 276 g/mol. The monoisotopic (exact) mass is 292 g/mol. The minimum atomic E-state index is 0.0934. The van der Waals surface area contributed by atoms with Crippen molar-refractivity contribution >= 4 is 5.78 Å². The van der Waals surface area contributed by atoms with Crippen LogP contribution in [0, 0.1) is 6.92 Å². The second kappa shape index (κ2) is 4.98. The number of nitrogens with zero attached hydrogens (tertiary/aromatic N) is 2. The number of rotatable bonds is 2. The van der Waals surface area contributed by atoms with Gasteiger partial charge in [-0.1, -0.05) is 17.7 Å². The van der Waals surface area contributed by atoms with Gasteiger partial charge >= 0.3 is 0 Å². The van der Waals surface area contributed by atoms with Gasteiger partial charge in [-0.3, -0.25) is 4.79 Å². The van der Waals surface area contributed by atoms with Crippen LogP contribution in [0.25, 0.3) is 5.69 Å². The van der Waals surface area contributed by atoms with Crippen LogP contribution in [0.1, 0.15) is 39.7 Å². The minimum Gasteiger partial charge on any atom is -0.469 e. The van der Waals surface area contributed by atoms with Crippen molar-refractivity contribution in [3.63, 3.8) is 0 Å². The highest BCUT2D eigenvalue weighted by molar-refractivity contribution is 5.98. The first-order chi connectivity index (χ1) is 10.7. The zero-order valence-electron chi connectivity index (χ0n) is 12.3. The lowest BCUT2D eigenvalue weighted by Crippen LogP contribution is -2.19. The Balaban J connectivity index is 1.76. The van der Waals surface area contributed by atoms with Crippen LogP contribution in [0.3, 0.4) is 0 Å². The fourth-order valence-electron chi connectivity index (χ4n) is 3.08. The first-order valence-electron chi connectivity index (χ1n) is 7.43. The molecule has 1 aliphatic carbocycles. The number of hydrogen-bond acceptors (Lipinski definition) is 3. The van der Waals surface area contributed by atoms with E-state index in [-0.39, 0.29) is 11.7 Å². The van der Waals surface area contributed by atoms with E-state index in [2.05, 4.69) is 24.2 Å². The molecule has 0 bridgehead atoms. The van der Waals surface area contributed by atoms with Crippen LogP contribution in [-0.2, 0) is 6.42 Å². The number of Topliss-reactive ketones (excluding diaryl/α,β-unsaturated/α-hetero) is 1. The Hall–Kier alpha value is -2.62. The summed E-state index contributed by atoms with van der Waals surface area (Å²) in [6, 6.07) is 12.0. The standard InChI is InChI=1S/C18H16N2O2/c1-12-4-6-14(7-5-12)20-16-9-13(18-3-2-8-22-18)10-17(21)15(16)11-19-20/h2-8,11,13H,9-10H2,1H3/t13-/m1/s1. The summed E-state index contributed by atoms with van der Waals surface area (Å²) in [7, 11) is 0. The predicted octanol–water partition coefficient (Wildman–Crippen LogP) is 3.69. The Bertz CT molecular complexity index is 813. The van der Waals surface area contributed by atoms with Crippen molar-refractivity contribution in [2.45, 2.75) is 25.7 Å². The highest BCUT2D eigenvalue weighted by Gasteiger charge is 2.31. The van der Waals surface area contributed by atoms with Crippen LogP contribution in [0.5, 0.6) is 0 Å². The van der Waals surface area contributed by atoms with Crippen molar-refractivity contribution in [2.24, 2.45) is 0 Å². The fourth-order valence-corrected chi connectivity index (χ4v) is 3.08. The summed E-state index contributed by atoms with van der Waals surface area (Å²) in [5.74, 6) is 1.10. The van der Waals surface area contributed by atoms with Gasteiger partial charge in [-0.25, -0.2) is 4.68 Å². The average Bonchev–Trinajstić information content (AvgIpc) is 3.17. The molecule has 0 saturated carbocycles. The van der Waals surface area contributed by atoms with Gasteiger partial charge in [0.15, 0.2) is 5.78 Å². The van der Waals surface area contributed by atoms with E-state index in [0.717, 1.165) is 29.1 Å². The van der Waals surface area contributed by atoms with Gasteiger partial charge in [0.05, 0.1) is 29.4 Å². The largest absolute Gasteiger partial charge is 0.469 e. The minimum absolute atomic E-state index is 0.0934. The van der Waals surface area contributed by atoms with Crippen LogP contribution >= 0.6 is 0 Å². The lowest BCUT2D eigenvalue weighted by atomic mass is 9.85. The van der Waals surface area contributed by atoms with Gasteiger partial charge in [-0.2, -0.15) is 5.10 Å². The number of carbonyl (C=O) groups excluding carboxylic acids is 1. The summed E-state index contributed by atoms with van der Waals surface area (Å²) in [6.07, 6.45) is 4.60. The van der Waals surface area contributed by atoms with Gasteiger partial charge in [0.1, 0.15) is 5.76 Å². The van der Waals surface area contributed by atoms with Gasteiger partial charge < -0.3 is 4.42 Å². The smallest absolute Gasteiger partial charge is 0.167 e. The summed E-state index contributed by atoms with van der Waals surface area (Å²) >= 11 is 0. The second-order valence-corrected chi connectivity index (χ2v) is 5.80. The molecular formula is C18H16N2O2. The number of furan rings is 1. The van der Waals surface area contributed by atoms with Gasteiger partial charge in [0.25, 0.3) is 0 Å². The Kier molecular flexibility index (Phi) is 2.96. The lowest BCUT2D eigenvalue weighted by molar-refractivity contribution is 0.0959. The third kappa shape index (κ3) is 2.08. The third-order valence-electron chi connectivity index (χ3n) is 4.26. The molecule has 4 nitrogen and oxygen atoms in total. The van der Waals surface area contributed by atoms with Crippen molar-refractivity contribution in [1.82, 2.24) is 9.78 Å². The quantitative estimate of drug-likeness (QED) is 0.723. The van der Waals surface area contributed by atoms with Gasteiger partial charge in [0.2, 0.25) is 0 Å². The molecule has 0 unspecified atom stereocenters. The maximum absolute atomic E-state index is 12.4. The number of aromatic nitrogens is 2. The van der Waals surface area contributed by atoms with Crippen molar-refractivity contribution in [1.29, 1.82) is 0 Å². The molecule has 3 aromatic rings. The van der Waals surface area contributed by atoms with E-state index in [0.29, 0.717) is 6.42 Å². The molecule has 1 aliphatic rings. The summed E-state index contributed by atoms with van der Waals surface area (Å²) in [4.78, 5) is 12.4. The molecule has 2 aromatic heterocycles. The first kappa shape index (κ1) is 13.1. The Morgan fingerprint density at radius 2 is 2.00 bits per heavy atom. The van der Waals surface area contributed by atoms with E-state index >= 15 is 0 Å². The fraction of sp³-hybridized carbons (Fsp3) is 0.222. The van der Waals surface area contributed by atoms with Gasteiger partial charge in [-0.15, -0.1) is 0 Å². The van der Waals surface area contributed by atoms with Crippen LogP contribution in [0.2, 0.25) is 0 Å². The molecule has 2 heterocycles. The highest BCUT2D eigenvalue weighted by Crippen LogP contribution is 2.33. The summed E-state index contributed by atoms with van der Waals surface area (Å²) in [5, 5.41) is 4.43.